The summed E-state index contributed by atoms with van der Waals surface area (Å²) >= 11 is 0. The molecule has 0 unspecified atom stereocenters. The molecule has 0 saturated carbocycles. The zero-order valence-corrected chi connectivity index (χ0v) is 16.3. The topological polar surface area (TPSA) is 49.3 Å². The Morgan fingerprint density at radius 2 is 1.62 bits per heavy atom. The lowest BCUT2D eigenvalue weighted by Gasteiger charge is -2.33. The van der Waals surface area contributed by atoms with E-state index in [2.05, 4.69) is 39.2 Å². The maximum Gasteiger partial charge on any atom is 0.246 e. The summed E-state index contributed by atoms with van der Waals surface area (Å²) in [7, 11) is 0. The minimum atomic E-state index is 0.0273. The van der Waals surface area contributed by atoms with Crippen LogP contribution in [0, 0.1) is 0 Å². The molecule has 5 heteroatoms. The molecule has 1 saturated heterocycles. The summed E-state index contributed by atoms with van der Waals surface area (Å²) in [5.74, 6) is 0.0273. The second-order valence-electron chi connectivity index (χ2n) is 7.06. The van der Waals surface area contributed by atoms with Crippen molar-refractivity contribution in [1.82, 2.24) is 19.8 Å². The molecule has 0 spiro atoms. The van der Waals surface area contributed by atoms with E-state index in [-0.39, 0.29) is 5.91 Å². The Hall–Kier alpha value is -3.31. The van der Waals surface area contributed by atoms with Gasteiger partial charge in [-0.3, -0.25) is 14.7 Å². The molecule has 1 aliphatic heterocycles. The van der Waals surface area contributed by atoms with Crippen LogP contribution in [0.2, 0.25) is 0 Å². The first-order chi connectivity index (χ1) is 14.3. The SMILES string of the molecule is O=C(/C=C/c1cnc2ccccc2n1)N1CCN(C/C=C/c2ccccc2)CC1. The molecule has 0 atom stereocenters. The molecule has 2 heterocycles. The fourth-order valence-corrected chi connectivity index (χ4v) is 3.37. The van der Waals surface area contributed by atoms with Crippen molar-refractivity contribution in [2.45, 2.75) is 0 Å². The number of amides is 1. The second kappa shape index (κ2) is 9.26. The number of carbonyl (C=O) groups is 1. The summed E-state index contributed by atoms with van der Waals surface area (Å²) in [6.07, 6.45) is 9.37. The Morgan fingerprint density at radius 3 is 2.41 bits per heavy atom. The number of piperazine rings is 1. The van der Waals surface area contributed by atoms with Crippen molar-refractivity contribution in [1.29, 1.82) is 0 Å². The van der Waals surface area contributed by atoms with Gasteiger partial charge in [-0.15, -0.1) is 0 Å². The molecule has 0 radical (unpaired) electrons. The Bertz CT molecular complexity index is 1020. The van der Waals surface area contributed by atoms with Crippen LogP contribution in [0.3, 0.4) is 0 Å². The van der Waals surface area contributed by atoms with Gasteiger partial charge >= 0.3 is 0 Å². The van der Waals surface area contributed by atoms with E-state index < -0.39 is 0 Å². The van der Waals surface area contributed by atoms with Crippen molar-refractivity contribution in [3.63, 3.8) is 0 Å². The van der Waals surface area contributed by atoms with Crippen molar-refractivity contribution in [3.05, 3.63) is 84.2 Å². The smallest absolute Gasteiger partial charge is 0.246 e. The van der Waals surface area contributed by atoms with Crippen molar-refractivity contribution in [2.24, 2.45) is 0 Å². The maximum atomic E-state index is 12.5. The maximum absolute atomic E-state index is 12.5. The predicted molar refractivity (Wildman–Crippen MR) is 117 cm³/mol. The highest BCUT2D eigenvalue weighted by Crippen LogP contribution is 2.10. The molecular formula is C24H24N4O. The number of aromatic nitrogens is 2. The summed E-state index contributed by atoms with van der Waals surface area (Å²) in [4.78, 5) is 25.7. The van der Waals surface area contributed by atoms with Crippen LogP contribution in [0.1, 0.15) is 11.3 Å². The molecule has 2 aromatic carbocycles. The van der Waals surface area contributed by atoms with E-state index in [0.717, 1.165) is 43.8 Å². The third-order valence-corrected chi connectivity index (χ3v) is 5.02. The van der Waals surface area contributed by atoms with Crippen molar-refractivity contribution in [2.75, 3.05) is 32.7 Å². The zero-order chi connectivity index (χ0) is 19.9. The van der Waals surface area contributed by atoms with Gasteiger partial charge in [-0.1, -0.05) is 54.6 Å². The van der Waals surface area contributed by atoms with Crippen LogP contribution >= 0.6 is 0 Å². The molecule has 146 valence electrons. The van der Waals surface area contributed by atoms with E-state index in [1.54, 1.807) is 18.3 Å². The normalized spacial score (nSPS) is 15.5. The highest BCUT2D eigenvalue weighted by atomic mass is 16.2. The monoisotopic (exact) mass is 384 g/mol. The molecule has 5 nitrogen and oxygen atoms in total. The molecule has 0 N–H and O–H groups in total. The molecule has 1 aromatic heterocycles. The summed E-state index contributed by atoms with van der Waals surface area (Å²) in [5.41, 5.74) is 3.60. The number of nitrogens with zero attached hydrogens (tertiary/aromatic N) is 4. The van der Waals surface area contributed by atoms with Gasteiger partial charge in [0.1, 0.15) is 0 Å². The third-order valence-electron chi connectivity index (χ3n) is 5.02. The van der Waals surface area contributed by atoms with Gasteiger partial charge in [0.05, 0.1) is 22.9 Å². The lowest BCUT2D eigenvalue weighted by molar-refractivity contribution is -0.127. The van der Waals surface area contributed by atoms with Gasteiger partial charge < -0.3 is 4.90 Å². The molecular weight excluding hydrogens is 360 g/mol. The Morgan fingerprint density at radius 1 is 0.897 bits per heavy atom. The van der Waals surface area contributed by atoms with Gasteiger partial charge in [-0.25, -0.2) is 4.98 Å². The molecule has 1 fully saturated rings. The molecule has 29 heavy (non-hydrogen) atoms. The van der Waals surface area contributed by atoms with Crippen LogP contribution in [0.4, 0.5) is 0 Å². The average Bonchev–Trinajstić information content (AvgIpc) is 2.78. The van der Waals surface area contributed by atoms with Gasteiger partial charge in [0.25, 0.3) is 0 Å². The standard InChI is InChI=1S/C24H24N4O/c29-24(13-12-21-19-25-22-10-4-5-11-23(22)26-21)28-17-15-27(16-18-28)14-6-9-20-7-2-1-3-8-20/h1-13,19H,14-18H2/b9-6+,13-12+. The van der Waals surface area contributed by atoms with Gasteiger partial charge in [-0.2, -0.15) is 0 Å². The number of hydrogen-bond donors (Lipinski definition) is 0. The van der Waals surface area contributed by atoms with Gasteiger partial charge in [-0.05, 0) is 23.8 Å². The molecule has 1 amide bonds. The first-order valence-corrected chi connectivity index (χ1v) is 9.91. The lowest BCUT2D eigenvalue weighted by Crippen LogP contribution is -2.48. The predicted octanol–water partition coefficient (Wildman–Crippen LogP) is 3.50. The minimum Gasteiger partial charge on any atom is -0.337 e. The number of rotatable bonds is 5. The van der Waals surface area contributed by atoms with E-state index >= 15 is 0 Å². The highest BCUT2D eigenvalue weighted by Gasteiger charge is 2.18. The number of carbonyl (C=O) groups excluding carboxylic acids is 1. The molecule has 4 rings (SSSR count). The van der Waals surface area contributed by atoms with Crippen molar-refractivity contribution in [3.8, 4) is 0 Å². The first-order valence-electron chi connectivity index (χ1n) is 9.91. The van der Waals surface area contributed by atoms with E-state index in [4.69, 9.17) is 0 Å². The largest absolute Gasteiger partial charge is 0.337 e. The van der Waals surface area contributed by atoms with Gasteiger partial charge in [0.15, 0.2) is 0 Å². The number of hydrogen-bond acceptors (Lipinski definition) is 4. The summed E-state index contributed by atoms with van der Waals surface area (Å²) in [6.45, 7) is 4.15. The average molecular weight is 384 g/mol. The van der Waals surface area contributed by atoms with Crippen LogP contribution in [0.5, 0.6) is 0 Å². The second-order valence-corrected chi connectivity index (χ2v) is 7.06. The molecule has 3 aromatic rings. The Labute approximate surface area is 171 Å². The van der Waals surface area contributed by atoms with E-state index in [9.17, 15) is 4.79 Å². The first kappa shape index (κ1) is 19.0. The van der Waals surface area contributed by atoms with Gasteiger partial charge in [0.2, 0.25) is 5.91 Å². The van der Waals surface area contributed by atoms with Crippen LogP contribution in [0.15, 0.2) is 72.9 Å². The summed E-state index contributed by atoms with van der Waals surface area (Å²) < 4.78 is 0. The number of benzene rings is 2. The fraction of sp³-hybridized carbons (Fsp3) is 0.208. The third kappa shape index (κ3) is 5.15. The molecule has 1 aliphatic rings. The van der Waals surface area contributed by atoms with Crippen molar-refractivity contribution < 1.29 is 4.79 Å². The number of fused-ring (bicyclic) bond motifs is 1. The van der Waals surface area contributed by atoms with Crippen LogP contribution in [-0.2, 0) is 4.79 Å². The molecule has 0 bridgehead atoms. The summed E-state index contributed by atoms with van der Waals surface area (Å²) in [6, 6.07) is 18.0. The number of para-hydroxylation sites is 2. The van der Waals surface area contributed by atoms with Crippen LogP contribution in [0.25, 0.3) is 23.2 Å². The van der Waals surface area contributed by atoms with E-state index in [0.29, 0.717) is 5.69 Å². The van der Waals surface area contributed by atoms with E-state index in [1.165, 1.54) is 5.56 Å². The zero-order valence-electron chi connectivity index (χ0n) is 16.3. The van der Waals surface area contributed by atoms with Gasteiger partial charge in [0, 0.05) is 38.8 Å². The fourth-order valence-electron chi connectivity index (χ4n) is 3.37. The van der Waals surface area contributed by atoms with Crippen LogP contribution in [-0.4, -0.2) is 58.4 Å². The van der Waals surface area contributed by atoms with Crippen LogP contribution < -0.4 is 0 Å². The summed E-state index contributed by atoms with van der Waals surface area (Å²) in [5, 5.41) is 0. The van der Waals surface area contributed by atoms with Crippen molar-refractivity contribution >= 4 is 29.1 Å². The Kier molecular flexibility index (Phi) is 6.07. The minimum absolute atomic E-state index is 0.0273. The Balaban J connectivity index is 1.27. The quantitative estimate of drug-likeness (QED) is 0.632. The lowest BCUT2D eigenvalue weighted by atomic mass is 10.2. The van der Waals surface area contributed by atoms with E-state index in [1.807, 2.05) is 47.4 Å². The molecule has 0 aliphatic carbocycles. The highest BCUT2D eigenvalue weighted by molar-refractivity contribution is 5.91.